The second-order valence-electron chi connectivity index (χ2n) is 11.0. The van der Waals surface area contributed by atoms with Gasteiger partial charge in [-0.15, -0.1) is 0 Å². The molecule has 0 bridgehead atoms. The van der Waals surface area contributed by atoms with E-state index in [0.717, 1.165) is 49.3 Å². The summed E-state index contributed by atoms with van der Waals surface area (Å²) < 4.78 is 0. The summed E-state index contributed by atoms with van der Waals surface area (Å²) >= 11 is 0. The molecule has 0 spiro atoms. The summed E-state index contributed by atoms with van der Waals surface area (Å²) in [5, 5.41) is 6.71. The summed E-state index contributed by atoms with van der Waals surface area (Å²) in [5.41, 5.74) is 1.16. The Hall–Kier alpha value is -1.69. The van der Waals surface area contributed by atoms with Crippen LogP contribution in [-0.2, 0) is 4.79 Å². The zero-order valence-corrected chi connectivity index (χ0v) is 20.9. The molecular weight excluding hydrogens is 410 g/mol. The minimum atomic E-state index is 0.0807. The van der Waals surface area contributed by atoms with Crippen molar-refractivity contribution in [2.24, 2.45) is 5.92 Å². The Morgan fingerprint density at radius 1 is 0.970 bits per heavy atom. The monoisotopic (exact) mass is 455 g/mol. The van der Waals surface area contributed by atoms with E-state index in [1.807, 2.05) is 6.20 Å². The lowest BCUT2D eigenvalue weighted by molar-refractivity contribution is -0.119. The number of aromatic nitrogens is 2. The van der Waals surface area contributed by atoms with Gasteiger partial charge < -0.3 is 15.5 Å². The predicted molar refractivity (Wildman–Crippen MR) is 134 cm³/mol. The van der Waals surface area contributed by atoms with Crippen LogP contribution in [0.1, 0.15) is 108 Å². The Morgan fingerprint density at radius 2 is 1.67 bits per heavy atom. The largest absolute Gasteiger partial charge is 0.354 e. The summed E-state index contributed by atoms with van der Waals surface area (Å²) in [5.74, 6) is 2.33. The van der Waals surface area contributed by atoms with Gasteiger partial charge in [-0.3, -0.25) is 4.79 Å². The standard InChI is InChI=1S/C27H45N5O/c1-20(33)29-23-10-8-22(9-11-23)26-16-18-28-27(31-26)30-24-12-14-25(15-13-24)32(2)19-17-21-6-4-3-5-7-21/h16,18,21-25H,3-15,17,19H2,1-2H3,(H,29,33)(H,28,30,31). The third-order valence-electron chi connectivity index (χ3n) is 8.50. The molecule has 2 N–H and O–H groups in total. The molecule has 1 heterocycles. The van der Waals surface area contributed by atoms with Crippen LogP contribution in [0.25, 0.3) is 0 Å². The Labute approximate surface area is 200 Å². The highest BCUT2D eigenvalue weighted by atomic mass is 16.1. The van der Waals surface area contributed by atoms with E-state index < -0.39 is 0 Å². The van der Waals surface area contributed by atoms with Crippen LogP contribution >= 0.6 is 0 Å². The number of nitrogens with one attached hydrogen (secondary N) is 2. The minimum absolute atomic E-state index is 0.0807. The Morgan fingerprint density at radius 3 is 2.36 bits per heavy atom. The van der Waals surface area contributed by atoms with Crippen molar-refractivity contribution in [1.82, 2.24) is 20.2 Å². The van der Waals surface area contributed by atoms with E-state index in [2.05, 4.69) is 33.6 Å². The van der Waals surface area contributed by atoms with E-state index in [-0.39, 0.29) is 5.91 Å². The fraction of sp³-hybridized carbons (Fsp3) is 0.815. The molecular formula is C27H45N5O. The van der Waals surface area contributed by atoms with Gasteiger partial charge in [0.25, 0.3) is 0 Å². The van der Waals surface area contributed by atoms with Crippen LogP contribution in [-0.4, -0.2) is 52.5 Å². The van der Waals surface area contributed by atoms with Gasteiger partial charge in [0.15, 0.2) is 0 Å². The minimum Gasteiger partial charge on any atom is -0.354 e. The van der Waals surface area contributed by atoms with Crippen LogP contribution in [0.4, 0.5) is 5.95 Å². The van der Waals surface area contributed by atoms with Crippen molar-refractivity contribution in [3.63, 3.8) is 0 Å². The highest BCUT2D eigenvalue weighted by molar-refractivity contribution is 5.73. The van der Waals surface area contributed by atoms with E-state index in [1.54, 1.807) is 6.92 Å². The first-order chi connectivity index (χ1) is 16.1. The lowest BCUT2D eigenvalue weighted by Gasteiger charge is -2.36. The van der Waals surface area contributed by atoms with Crippen LogP contribution in [0.3, 0.4) is 0 Å². The number of hydrogen-bond donors (Lipinski definition) is 2. The summed E-state index contributed by atoms with van der Waals surface area (Å²) in [6, 6.07) is 3.62. The topological polar surface area (TPSA) is 70.2 Å². The molecule has 0 atom stereocenters. The predicted octanol–water partition coefficient (Wildman–Crippen LogP) is 5.26. The van der Waals surface area contributed by atoms with Gasteiger partial charge in [0.1, 0.15) is 0 Å². The molecule has 0 aliphatic heterocycles. The zero-order chi connectivity index (χ0) is 23.0. The van der Waals surface area contributed by atoms with Gasteiger partial charge in [-0.25, -0.2) is 9.97 Å². The Kier molecular flexibility index (Phi) is 8.99. The molecule has 1 aromatic heterocycles. The van der Waals surface area contributed by atoms with Crippen LogP contribution in [0, 0.1) is 5.92 Å². The lowest BCUT2D eigenvalue weighted by atomic mass is 9.84. The summed E-state index contributed by atoms with van der Waals surface area (Å²) in [4.78, 5) is 23.4. The van der Waals surface area contributed by atoms with Crippen molar-refractivity contribution in [2.75, 3.05) is 18.9 Å². The fourth-order valence-electron chi connectivity index (χ4n) is 6.38. The smallest absolute Gasteiger partial charge is 0.223 e. The molecule has 6 heteroatoms. The summed E-state index contributed by atoms with van der Waals surface area (Å²) in [6.45, 7) is 2.88. The quantitative estimate of drug-likeness (QED) is 0.559. The molecule has 33 heavy (non-hydrogen) atoms. The van der Waals surface area contributed by atoms with Crippen molar-refractivity contribution in [3.05, 3.63) is 18.0 Å². The number of hydrogen-bond acceptors (Lipinski definition) is 5. The van der Waals surface area contributed by atoms with Crippen LogP contribution in [0.2, 0.25) is 0 Å². The third-order valence-corrected chi connectivity index (χ3v) is 8.50. The average molecular weight is 456 g/mol. The van der Waals surface area contributed by atoms with Crippen LogP contribution in [0.5, 0.6) is 0 Å². The van der Waals surface area contributed by atoms with Crippen molar-refractivity contribution < 1.29 is 4.79 Å². The molecule has 6 nitrogen and oxygen atoms in total. The van der Waals surface area contributed by atoms with Gasteiger partial charge in [0, 0.05) is 42.9 Å². The van der Waals surface area contributed by atoms with Crippen molar-refractivity contribution >= 4 is 11.9 Å². The van der Waals surface area contributed by atoms with Crippen molar-refractivity contribution in [2.45, 2.75) is 121 Å². The third kappa shape index (κ3) is 7.40. The first kappa shape index (κ1) is 24.4. The molecule has 0 radical (unpaired) electrons. The van der Waals surface area contributed by atoms with E-state index in [4.69, 9.17) is 4.98 Å². The van der Waals surface area contributed by atoms with Gasteiger partial charge in [0.2, 0.25) is 11.9 Å². The van der Waals surface area contributed by atoms with Gasteiger partial charge >= 0.3 is 0 Å². The summed E-state index contributed by atoms with van der Waals surface area (Å²) in [6.07, 6.45) is 19.8. The molecule has 1 aromatic rings. The molecule has 0 unspecified atom stereocenters. The number of rotatable bonds is 8. The first-order valence-corrected chi connectivity index (χ1v) is 13.6. The van der Waals surface area contributed by atoms with Crippen LogP contribution < -0.4 is 10.6 Å². The average Bonchev–Trinajstić information content (AvgIpc) is 2.84. The number of carbonyl (C=O) groups excluding carboxylic acids is 1. The second-order valence-corrected chi connectivity index (χ2v) is 11.0. The molecule has 3 fully saturated rings. The molecule has 3 aliphatic carbocycles. The van der Waals surface area contributed by atoms with E-state index in [1.165, 1.54) is 70.8 Å². The number of anilines is 1. The number of amides is 1. The van der Waals surface area contributed by atoms with Crippen LogP contribution in [0.15, 0.2) is 12.3 Å². The fourth-order valence-corrected chi connectivity index (χ4v) is 6.38. The van der Waals surface area contributed by atoms with E-state index in [9.17, 15) is 4.79 Å². The maximum absolute atomic E-state index is 11.3. The molecule has 1 amide bonds. The van der Waals surface area contributed by atoms with Crippen molar-refractivity contribution in [3.8, 4) is 0 Å². The van der Waals surface area contributed by atoms with Gasteiger partial charge in [0.05, 0.1) is 0 Å². The molecule has 3 saturated carbocycles. The number of carbonyl (C=O) groups is 1. The maximum Gasteiger partial charge on any atom is 0.223 e. The Bertz CT molecular complexity index is 734. The lowest BCUT2D eigenvalue weighted by Crippen LogP contribution is -2.39. The second kappa shape index (κ2) is 12.1. The highest BCUT2D eigenvalue weighted by Crippen LogP contribution is 2.33. The number of nitrogens with zero attached hydrogens (tertiary/aromatic N) is 3. The highest BCUT2D eigenvalue weighted by Gasteiger charge is 2.26. The van der Waals surface area contributed by atoms with Gasteiger partial charge in [-0.1, -0.05) is 32.1 Å². The first-order valence-electron chi connectivity index (χ1n) is 13.6. The van der Waals surface area contributed by atoms with Crippen molar-refractivity contribution in [1.29, 1.82) is 0 Å². The van der Waals surface area contributed by atoms with Gasteiger partial charge in [-0.2, -0.15) is 0 Å². The van der Waals surface area contributed by atoms with E-state index in [0.29, 0.717) is 18.0 Å². The summed E-state index contributed by atoms with van der Waals surface area (Å²) in [7, 11) is 2.34. The molecule has 184 valence electrons. The van der Waals surface area contributed by atoms with E-state index >= 15 is 0 Å². The molecule has 3 aliphatic rings. The normalized spacial score (nSPS) is 29.1. The molecule has 4 rings (SSSR count). The molecule has 0 aromatic carbocycles. The maximum atomic E-state index is 11.3. The SMILES string of the molecule is CC(=O)NC1CCC(c2ccnc(NC3CCC(N(C)CCC4CCCCC4)CC3)n2)CC1. The van der Waals surface area contributed by atoms with Gasteiger partial charge in [-0.05, 0) is 83.4 Å². The zero-order valence-electron chi connectivity index (χ0n) is 20.9. The molecule has 0 saturated heterocycles. The Balaban J connectivity index is 1.19.